The van der Waals surface area contributed by atoms with Gasteiger partial charge >= 0.3 is 0 Å². The van der Waals surface area contributed by atoms with Crippen molar-refractivity contribution in [2.45, 2.75) is 0 Å². The lowest BCUT2D eigenvalue weighted by atomic mass is 10.1. The molecule has 0 unspecified atom stereocenters. The van der Waals surface area contributed by atoms with Gasteiger partial charge in [-0.1, -0.05) is 12.1 Å². The number of benzene rings is 1. The van der Waals surface area contributed by atoms with Gasteiger partial charge in [0.05, 0.1) is 19.4 Å². The number of nitrogens with one attached hydrogen (secondary N) is 2. The predicted molar refractivity (Wildman–Crippen MR) is 74.8 cm³/mol. The summed E-state index contributed by atoms with van der Waals surface area (Å²) in [4.78, 5) is 11.8. The molecule has 1 heterocycles. The van der Waals surface area contributed by atoms with Gasteiger partial charge in [0.15, 0.2) is 0 Å². The van der Waals surface area contributed by atoms with Crippen LogP contribution in [-0.2, 0) is 4.74 Å². The maximum Gasteiger partial charge on any atom is 0.269 e. The summed E-state index contributed by atoms with van der Waals surface area (Å²) in [6.07, 6.45) is 0. The molecule has 6 nitrogen and oxygen atoms in total. The summed E-state index contributed by atoms with van der Waals surface area (Å²) in [5.74, 6) is 0.542. The number of aromatic amines is 1. The molecule has 6 heteroatoms. The summed E-state index contributed by atoms with van der Waals surface area (Å²) >= 11 is 0. The van der Waals surface area contributed by atoms with Gasteiger partial charge in [0.1, 0.15) is 11.4 Å². The highest BCUT2D eigenvalue weighted by molar-refractivity contribution is 5.93. The maximum absolute atomic E-state index is 11.8. The number of carbonyl (C=O) groups excluding carboxylic acids is 1. The Balaban J connectivity index is 2.09. The number of aromatic nitrogens is 2. The standard InChI is InChI=1S/C14H17N3O3/c1-19-7-6-15-14(18)13-9-12(16-17-13)10-4-3-5-11(8-10)20-2/h3-5,8-9H,6-7H2,1-2H3,(H,15,18)(H,16,17). The Hall–Kier alpha value is -2.34. The molecule has 1 aromatic heterocycles. The molecule has 106 valence electrons. The number of hydrogen-bond donors (Lipinski definition) is 2. The Morgan fingerprint density at radius 3 is 2.95 bits per heavy atom. The first-order valence-corrected chi connectivity index (χ1v) is 6.21. The molecule has 0 aliphatic rings. The first-order chi connectivity index (χ1) is 9.74. The van der Waals surface area contributed by atoms with E-state index in [2.05, 4.69) is 15.5 Å². The molecule has 0 aliphatic carbocycles. The second kappa shape index (κ2) is 6.72. The van der Waals surface area contributed by atoms with Gasteiger partial charge < -0.3 is 14.8 Å². The van der Waals surface area contributed by atoms with E-state index in [9.17, 15) is 4.79 Å². The highest BCUT2D eigenvalue weighted by Crippen LogP contribution is 2.22. The van der Waals surface area contributed by atoms with Crippen LogP contribution in [0.5, 0.6) is 5.75 Å². The van der Waals surface area contributed by atoms with Crippen molar-refractivity contribution in [1.29, 1.82) is 0 Å². The lowest BCUT2D eigenvalue weighted by molar-refractivity contribution is 0.0932. The smallest absolute Gasteiger partial charge is 0.269 e. The molecular formula is C14H17N3O3. The topological polar surface area (TPSA) is 76.2 Å². The van der Waals surface area contributed by atoms with Gasteiger partial charge in [-0.05, 0) is 18.2 Å². The number of rotatable bonds is 6. The third-order valence-electron chi connectivity index (χ3n) is 2.78. The molecule has 0 saturated carbocycles. The lowest BCUT2D eigenvalue weighted by Gasteiger charge is -2.01. The highest BCUT2D eigenvalue weighted by Gasteiger charge is 2.10. The van der Waals surface area contributed by atoms with Crippen LogP contribution in [0.3, 0.4) is 0 Å². The first-order valence-electron chi connectivity index (χ1n) is 6.21. The number of nitrogens with zero attached hydrogens (tertiary/aromatic N) is 1. The first kappa shape index (κ1) is 14.1. The van der Waals surface area contributed by atoms with Crippen LogP contribution in [0.4, 0.5) is 0 Å². The number of H-pyrrole nitrogens is 1. The number of amides is 1. The molecule has 2 rings (SSSR count). The lowest BCUT2D eigenvalue weighted by Crippen LogP contribution is -2.27. The van der Waals surface area contributed by atoms with E-state index in [1.807, 2.05) is 24.3 Å². The van der Waals surface area contributed by atoms with Crippen LogP contribution in [0.1, 0.15) is 10.5 Å². The zero-order valence-corrected chi connectivity index (χ0v) is 11.5. The molecule has 0 spiro atoms. The van der Waals surface area contributed by atoms with Crippen molar-refractivity contribution in [3.05, 3.63) is 36.0 Å². The third kappa shape index (κ3) is 3.36. The number of hydrogen-bond acceptors (Lipinski definition) is 4. The van der Waals surface area contributed by atoms with Crippen LogP contribution in [0.15, 0.2) is 30.3 Å². The fourth-order valence-corrected chi connectivity index (χ4v) is 1.73. The summed E-state index contributed by atoms with van der Waals surface area (Å²) < 4.78 is 10.0. The van der Waals surface area contributed by atoms with E-state index < -0.39 is 0 Å². The highest BCUT2D eigenvalue weighted by atomic mass is 16.5. The number of methoxy groups -OCH3 is 2. The molecule has 0 bridgehead atoms. The molecule has 0 radical (unpaired) electrons. The molecule has 1 amide bonds. The van der Waals surface area contributed by atoms with Gasteiger partial charge in [0, 0.05) is 19.2 Å². The summed E-state index contributed by atoms with van der Waals surface area (Å²) in [6, 6.07) is 9.21. The maximum atomic E-state index is 11.8. The monoisotopic (exact) mass is 275 g/mol. The molecule has 0 aliphatic heterocycles. The zero-order valence-electron chi connectivity index (χ0n) is 11.5. The molecule has 2 N–H and O–H groups in total. The van der Waals surface area contributed by atoms with Crippen LogP contribution in [0.2, 0.25) is 0 Å². The van der Waals surface area contributed by atoms with Crippen molar-refractivity contribution in [2.24, 2.45) is 0 Å². The van der Waals surface area contributed by atoms with Gasteiger partial charge in [-0.2, -0.15) is 5.10 Å². The van der Waals surface area contributed by atoms with Crippen LogP contribution in [0.25, 0.3) is 11.3 Å². The van der Waals surface area contributed by atoms with Gasteiger partial charge in [-0.15, -0.1) is 0 Å². The van der Waals surface area contributed by atoms with E-state index in [0.717, 1.165) is 11.3 Å². The predicted octanol–water partition coefficient (Wildman–Crippen LogP) is 1.46. The molecule has 0 atom stereocenters. The Kier molecular flexibility index (Phi) is 4.73. The molecular weight excluding hydrogens is 258 g/mol. The number of carbonyl (C=O) groups is 1. The molecule has 2 aromatic rings. The Morgan fingerprint density at radius 2 is 2.20 bits per heavy atom. The van der Waals surface area contributed by atoms with Gasteiger partial charge in [-0.3, -0.25) is 9.89 Å². The van der Waals surface area contributed by atoms with Gasteiger partial charge in [0.2, 0.25) is 0 Å². The fourth-order valence-electron chi connectivity index (χ4n) is 1.73. The quantitative estimate of drug-likeness (QED) is 0.783. The van der Waals surface area contributed by atoms with E-state index >= 15 is 0 Å². The SMILES string of the molecule is COCCNC(=O)c1cc(-c2cccc(OC)c2)n[nH]1. The van der Waals surface area contributed by atoms with Crippen molar-refractivity contribution in [3.8, 4) is 17.0 Å². The van der Waals surface area contributed by atoms with E-state index in [1.165, 1.54) is 0 Å². The minimum atomic E-state index is -0.205. The van der Waals surface area contributed by atoms with Crippen molar-refractivity contribution in [2.75, 3.05) is 27.4 Å². The average Bonchev–Trinajstić information content (AvgIpc) is 2.97. The van der Waals surface area contributed by atoms with Crippen LogP contribution in [-0.4, -0.2) is 43.5 Å². The van der Waals surface area contributed by atoms with Crippen molar-refractivity contribution in [1.82, 2.24) is 15.5 Å². The zero-order chi connectivity index (χ0) is 14.4. The Labute approximate surface area is 117 Å². The van der Waals surface area contributed by atoms with Gasteiger partial charge in [-0.25, -0.2) is 0 Å². The Bertz CT molecular complexity index is 581. The molecule has 0 saturated heterocycles. The second-order valence-corrected chi connectivity index (χ2v) is 4.15. The summed E-state index contributed by atoms with van der Waals surface area (Å²) in [6.45, 7) is 0.936. The third-order valence-corrected chi connectivity index (χ3v) is 2.78. The van der Waals surface area contributed by atoms with Crippen LogP contribution >= 0.6 is 0 Å². The molecule has 20 heavy (non-hydrogen) atoms. The fraction of sp³-hybridized carbons (Fsp3) is 0.286. The average molecular weight is 275 g/mol. The number of ether oxygens (including phenoxy) is 2. The second-order valence-electron chi connectivity index (χ2n) is 4.15. The van der Waals surface area contributed by atoms with Gasteiger partial charge in [0.25, 0.3) is 5.91 Å². The minimum Gasteiger partial charge on any atom is -0.497 e. The van der Waals surface area contributed by atoms with Crippen molar-refractivity contribution >= 4 is 5.91 Å². The van der Waals surface area contributed by atoms with E-state index in [0.29, 0.717) is 24.5 Å². The summed E-state index contributed by atoms with van der Waals surface area (Å²) in [7, 11) is 3.20. The normalized spacial score (nSPS) is 10.3. The van der Waals surface area contributed by atoms with Crippen molar-refractivity contribution < 1.29 is 14.3 Å². The Morgan fingerprint density at radius 1 is 1.35 bits per heavy atom. The summed E-state index contributed by atoms with van der Waals surface area (Å²) in [5, 5.41) is 9.59. The molecule has 0 fully saturated rings. The van der Waals surface area contributed by atoms with E-state index in [1.54, 1.807) is 20.3 Å². The largest absolute Gasteiger partial charge is 0.497 e. The minimum absolute atomic E-state index is 0.205. The van der Waals surface area contributed by atoms with E-state index in [-0.39, 0.29) is 5.91 Å². The van der Waals surface area contributed by atoms with Crippen LogP contribution < -0.4 is 10.1 Å². The van der Waals surface area contributed by atoms with Crippen molar-refractivity contribution in [3.63, 3.8) is 0 Å². The van der Waals surface area contributed by atoms with Crippen LogP contribution in [0, 0.1) is 0 Å². The summed E-state index contributed by atoms with van der Waals surface area (Å²) in [5.41, 5.74) is 2.00. The molecule has 1 aromatic carbocycles. The van der Waals surface area contributed by atoms with E-state index in [4.69, 9.17) is 9.47 Å².